The molecule has 3 heteroatoms. The van der Waals surface area contributed by atoms with Crippen LogP contribution >= 0.6 is 0 Å². The van der Waals surface area contributed by atoms with Crippen molar-refractivity contribution in [3.63, 3.8) is 0 Å². The van der Waals surface area contributed by atoms with E-state index in [2.05, 4.69) is 11.9 Å². The second-order valence-corrected chi connectivity index (χ2v) is 4.17. The Morgan fingerprint density at radius 2 is 2.23 bits per heavy atom. The van der Waals surface area contributed by atoms with E-state index in [9.17, 15) is 0 Å². The van der Waals surface area contributed by atoms with Crippen LogP contribution in [0.2, 0.25) is 0 Å². The van der Waals surface area contributed by atoms with Crippen LogP contribution in [0.3, 0.4) is 0 Å². The maximum atomic E-state index is 9.14. The Bertz CT molecular complexity index is 137. The lowest BCUT2D eigenvalue weighted by Gasteiger charge is -2.22. The van der Waals surface area contributed by atoms with Crippen LogP contribution in [0.5, 0.6) is 0 Å². The van der Waals surface area contributed by atoms with Crippen molar-refractivity contribution in [1.82, 2.24) is 4.90 Å². The third-order valence-electron chi connectivity index (χ3n) is 3.20. The Labute approximate surface area is 80.9 Å². The quantitative estimate of drug-likeness (QED) is 0.666. The molecule has 2 atom stereocenters. The lowest BCUT2D eigenvalue weighted by Crippen LogP contribution is -2.27. The van der Waals surface area contributed by atoms with Crippen molar-refractivity contribution < 1.29 is 5.11 Å². The monoisotopic (exact) mass is 186 g/mol. The average molecular weight is 186 g/mol. The van der Waals surface area contributed by atoms with Crippen molar-refractivity contribution in [2.45, 2.75) is 19.3 Å². The van der Waals surface area contributed by atoms with Crippen LogP contribution in [0.1, 0.15) is 19.3 Å². The fourth-order valence-electron chi connectivity index (χ4n) is 2.15. The van der Waals surface area contributed by atoms with Gasteiger partial charge in [0, 0.05) is 6.61 Å². The van der Waals surface area contributed by atoms with Gasteiger partial charge < -0.3 is 15.7 Å². The Morgan fingerprint density at radius 1 is 1.46 bits per heavy atom. The summed E-state index contributed by atoms with van der Waals surface area (Å²) in [5.74, 6) is 0.964. The predicted octanol–water partition coefficient (Wildman–Crippen LogP) is 0.286. The summed E-state index contributed by atoms with van der Waals surface area (Å²) in [6, 6.07) is 0. The second-order valence-electron chi connectivity index (χ2n) is 4.17. The third kappa shape index (κ3) is 3.25. The van der Waals surface area contributed by atoms with Gasteiger partial charge in [0.15, 0.2) is 0 Å². The molecule has 2 unspecified atom stereocenters. The highest BCUT2D eigenvalue weighted by Crippen LogP contribution is 2.23. The topological polar surface area (TPSA) is 49.5 Å². The zero-order chi connectivity index (χ0) is 9.68. The highest BCUT2D eigenvalue weighted by Gasteiger charge is 2.21. The summed E-state index contributed by atoms with van der Waals surface area (Å²) in [4.78, 5) is 2.37. The molecule has 1 rings (SSSR count). The SMILES string of the molecule is CN1CCCC(C(CN)CO)CC1. The molecule has 0 aliphatic carbocycles. The highest BCUT2D eigenvalue weighted by atomic mass is 16.3. The lowest BCUT2D eigenvalue weighted by molar-refractivity contribution is 0.169. The number of hydrogen-bond donors (Lipinski definition) is 2. The standard InChI is InChI=1S/C10H22N2O/c1-12-5-2-3-9(4-6-12)10(7-11)8-13/h9-10,13H,2-8,11H2,1H3. The van der Waals surface area contributed by atoms with E-state index in [1.165, 1.54) is 25.8 Å². The molecule has 1 fully saturated rings. The second kappa shape index (κ2) is 5.58. The van der Waals surface area contributed by atoms with Gasteiger partial charge in [-0.2, -0.15) is 0 Å². The van der Waals surface area contributed by atoms with Gasteiger partial charge in [-0.1, -0.05) is 0 Å². The molecule has 1 heterocycles. The van der Waals surface area contributed by atoms with E-state index in [1.54, 1.807) is 0 Å². The molecule has 0 amide bonds. The zero-order valence-corrected chi connectivity index (χ0v) is 8.58. The van der Waals surface area contributed by atoms with E-state index >= 15 is 0 Å². The Hall–Kier alpha value is -0.120. The normalized spacial score (nSPS) is 28.4. The van der Waals surface area contributed by atoms with Gasteiger partial charge in [0.05, 0.1) is 0 Å². The molecule has 0 radical (unpaired) electrons. The van der Waals surface area contributed by atoms with Crippen molar-refractivity contribution in [3.05, 3.63) is 0 Å². The van der Waals surface area contributed by atoms with E-state index in [4.69, 9.17) is 10.8 Å². The minimum absolute atomic E-state index is 0.255. The number of nitrogens with two attached hydrogens (primary N) is 1. The molecule has 1 saturated heterocycles. The maximum absolute atomic E-state index is 9.14. The van der Waals surface area contributed by atoms with Crippen LogP contribution < -0.4 is 5.73 Å². The van der Waals surface area contributed by atoms with Crippen molar-refractivity contribution in [1.29, 1.82) is 0 Å². The summed E-state index contributed by atoms with van der Waals surface area (Å²) in [6.07, 6.45) is 3.67. The first kappa shape index (κ1) is 11.0. The van der Waals surface area contributed by atoms with Crippen LogP contribution in [0, 0.1) is 11.8 Å². The highest BCUT2D eigenvalue weighted by molar-refractivity contribution is 4.75. The van der Waals surface area contributed by atoms with E-state index in [0.717, 1.165) is 6.54 Å². The summed E-state index contributed by atoms with van der Waals surface area (Å²) in [7, 11) is 2.17. The molecule has 3 N–H and O–H groups in total. The number of rotatable bonds is 3. The number of hydrogen-bond acceptors (Lipinski definition) is 3. The first-order chi connectivity index (χ1) is 6.27. The fourth-order valence-corrected chi connectivity index (χ4v) is 2.15. The summed E-state index contributed by atoms with van der Waals surface area (Å²) >= 11 is 0. The molecule has 13 heavy (non-hydrogen) atoms. The van der Waals surface area contributed by atoms with Gasteiger partial charge >= 0.3 is 0 Å². The minimum Gasteiger partial charge on any atom is -0.396 e. The predicted molar refractivity (Wildman–Crippen MR) is 54.5 cm³/mol. The van der Waals surface area contributed by atoms with Gasteiger partial charge in [0.2, 0.25) is 0 Å². The van der Waals surface area contributed by atoms with Crippen LogP contribution in [-0.2, 0) is 0 Å². The van der Waals surface area contributed by atoms with Gasteiger partial charge in [-0.05, 0) is 57.8 Å². The summed E-state index contributed by atoms with van der Waals surface area (Å²) in [6.45, 7) is 3.23. The smallest absolute Gasteiger partial charge is 0.0473 e. The summed E-state index contributed by atoms with van der Waals surface area (Å²) < 4.78 is 0. The van der Waals surface area contributed by atoms with Crippen molar-refractivity contribution in [3.8, 4) is 0 Å². The summed E-state index contributed by atoms with van der Waals surface area (Å²) in [5.41, 5.74) is 5.63. The first-order valence-corrected chi connectivity index (χ1v) is 5.27. The number of nitrogens with zero attached hydrogens (tertiary/aromatic N) is 1. The molecule has 0 bridgehead atoms. The number of aliphatic hydroxyl groups is 1. The van der Waals surface area contributed by atoms with Crippen LogP contribution in [-0.4, -0.2) is 43.3 Å². The number of likely N-dealkylation sites (tertiary alicyclic amines) is 1. The van der Waals surface area contributed by atoms with Gasteiger partial charge in [-0.25, -0.2) is 0 Å². The Balaban J connectivity index is 2.40. The van der Waals surface area contributed by atoms with E-state index in [-0.39, 0.29) is 6.61 Å². The molecule has 1 aliphatic heterocycles. The van der Waals surface area contributed by atoms with Gasteiger partial charge in [-0.3, -0.25) is 0 Å². The molecule has 78 valence electrons. The fraction of sp³-hybridized carbons (Fsp3) is 1.00. The molecule has 3 nitrogen and oxygen atoms in total. The van der Waals surface area contributed by atoms with Crippen LogP contribution in [0.25, 0.3) is 0 Å². The van der Waals surface area contributed by atoms with Gasteiger partial charge in [0.25, 0.3) is 0 Å². The van der Waals surface area contributed by atoms with Crippen molar-refractivity contribution in [2.75, 3.05) is 33.3 Å². The molecule has 0 aromatic rings. The largest absolute Gasteiger partial charge is 0.396 e. The molecule has 0 aromatic carbocycles. The molecular weight excluding hydrogens is 164 g/mol. The average Bonchev–Trinajstić information content (AvgIpc) is 2.34. The molecule has 0 saturated carbocycles. The van der Waals surface area contributed by atoms with Crippen LogP contribution in [0.15, 0.2) is 0 Å². The number of aliphatic hydroxyl groups excluding tert-OH is 1. The Kier molecular flexibility index (Phi) is 4.70. The van der Waals surface area contributed by atoms with E-state index in [0.29, 0.717) is 18.4 Å². The van der Waals surface area contributed by atoms with E-state index < -0.39 is 0 Å². The van der Waals surface area contributed by atoms with Gasteiger partial charge in [-0.15, -0.1) is 0 Å². The van der Waals surface area contributed by atoms with Crippen LogP contribution in [0.4, 0.5) is 0 Å². The van der Waals surface area contributed by atoms with Gasteiger partial charge in [0.1, 0.15) is 0 Å². The van der Waals surface area contributed by atoms with Crippen molar-refractivity contribution in [2.24, 2.45) is 17.6 Å². The molecule has 0 aromatic heterocycles. The maximum Gasteiger partial charge on any atom is 0.0473 e. The molecular formula is C10H22N2O. The third-order valence-corrected chi connectivity index (χ3v) is 3.20. The van der Waals surface area contributed by atoms with Crippen molar-refractivity contribution >= 4 is 0 Å². The molecule has 1 aliphatic rings. The minimum atomic E-state index is 0.255. The lowest BCUT2D eigenvalue weighted by atomic mass is 9.87. The first-order valence-electron chi connectivity index (χ1n) is 5.27. The van der Waals surface area contributed by atoms with E-state index in [1.807, 2.05) is 0 Å². The Morgan fingerprint density at radius 3 is 2.85 bits per heavy atom. The summed E-state index contributed by atoms with van der Waals surface area (Å²) in [5, 5.41) is 9.14. The zero-order valence-electron chi connectivity index (χ0n) is 8.58. The molecule has 0 spiro atoms.